The number of nitrogens with zero attached hydrogens (tertiary/aromatic N) is 1. The molecule has 5 nitrogen and oxygen atoms in total. The molecular weight excluding hydrogens is 194 g/mol. The number of primary amides is 1. The summed E-state index contributed by atoms with van der Waals surface area (Å²) in [5.74, 6) is -0.0586. The molecule has 1 atom stereocenters. The SMILES string of the molecule is CN(CC(N)=O)C(=O)CC1CCCNC1. The van der Waals surface area contributed by atoms with Gasteiger partial charge in [0.1, 0.15) is 0 Å². The number of likely N-dealkylation sites (N-methyl/N-ethyl adjacent to an activating group) is 1. The molecule has 1 aliphatic rings. The lowest BCUT2D eigenvalue weighted by Crippen LogP contribution is -2.38. The van der Waals surface area contributed by atoms with E-state index in [-0.39, 0.29) is 12.5 Å². The Labute approximate surface area is 90.0 Å². The van der Waals surface area contributed by atoms with Gasteiger partial charge in [0, 0.05) is 13.5 Å². The van der Waals surface area contributed by atoms with Crippen LogP contribution in [0.1, 0.15) is 19.3 Å². The summed E-state index contributed by atoms with van der Waals surface area (Å²) >= 11 is 0. The third-order valence-electron chi connectivity index (χ3n) is 2.68. The van der Waals surface area contributed by atoms with E-state index in [0.29, 0.717) is 12.3 Å². The van der Waals surface area contributed by atoms with E-state index in [1.807, 2.05) is 0 Å². The molecule has 86 valence electrons. The van der Waals surface area contributed by atoms with Gasteiger partial charge in [0.05, 0.1) is 6.54 Å². The molecule has 1 heterocycles. The van der Waals surface area contributed by atoms with Gasteiger partial charge in [-0.05, 0) is 31.8 Å². The van der Waals surface area contributed by atoms with Gasteiger partial charge in [-0.25, -0.2) is 0 Å². The highest BCUT2D eigenvalue weighted by Gasteiger charge is 2.19. The summed E-state index contributed by atoms with van der Waals surface area (Å²) in [6, 6.07) is 0. The Hall–Kier alpha value is -1.10. The van der Waals surface area contributed by atoms with Crippen molar-refractivity contribution >= 4 is 11.8 Å². The van der Waals surface area contributed by atoms with Crippen LogP contribution in [0.4, 0.5) is 0 Å². The minimum atomic E-state index is -0.465. The minimum Gasteiger partial charge on any atom is -0.368 e. The second-order valence-electron chi connectivity index (χ2n) is 4.13. The molecule has 1 rings (SSSR count). The molecule has 1 saturated heterocycles. The number of carbonyl (C=O) groups excluding carboxylic acids is 2. The molecule has 0 bridgehead atoms. The lowest BCUT2D eigenvalue weighted by atomic mass is 9.96. The molecule has 1 aliphatic heterocycles. The smallest absolute Gasteiger partial charge is 0.237 e. The van der Waals surface area contributed by atoms with Crippen LogP contribution in [0.25, 0.3) is 0 Å². The molecule has 3 N–H and O–H groups in total. The van der Waals surface area contributed by atoms with Gasteiger partial charge in [0.25, 0.3) is 0 Å². The highest BCUT2D eigenvalue weighted by Crippen LogP contribution is 2.14. The topological polar surface area (TPSA) is 75.4 Å². The van der Waals surface area contributed by atoms with E-state index in [1.165, 1.54) is 4.90 Å². The van der Waals surface area contributed by atoms with Gasteiger partial charge in [0.2, 0.25) is 11.8 Å². The van der Waals surface area contributed by atoms with Crippen molar-refractivity contribution in [3.05, 3.63) is 0 Å². The highest BCUT2D eigenvalue weighted by atomic mass is 16.2. The van der Waals surface area contributed by atoms with Gasteiger partial charge in [-0.2, -0.15) is 0 Å². The van der Waals surface area contributed by atoms with Crippen LogP contribution < -0.4 is 11.1 Å². The molecule has 0 radical (unpaired) electrons. The fourth-order valence-corrected chi connectivity index (χ4v) is 1.82. The van der Waals surface area contributed by atoms with Crippen molar-refractivity contribution < 1.29 is 9.59 Å². The second kappa shape index (κ2) is 5.70. The summed E-state index contributed by atoms with van der Waals surface area (Å²) in [4.78, 5) is 23.7. The van der Waals surface area contributed by atoms with Crippen molar-refractivity contribution in [1.82, 2.24) is 10.2 Å². The second-order valence-corrected chi connectivity index (χ2v) is 4.13. The number of nitrogens with one attached hydrogen (secondary N) is 1. The Balaban J connectivity index is 2.30. The van der Waals surface area contributed by atoms with Crippen molar-refractivity contribution in [3.8, 4) is 0 Å². The molecule has 5 heteroatoms. The highest BCUT2D eigenvalue weighted by molar-refractivity contribution is 5.83. The Bertz CT molecular complexity index is 237. The van der Waals surface area contributed by atoms with Crippen LogP contribution in [-0.2, 0) is 9.59 Å². The zero-order chi connectivity index (χ0) is 11.3. The van der Waals surface area contributed by atoms with Gasteiger partial charge < -0.3 is 16.0 Å². The molecule has 1 fully saturated rings. The van der Waals surface area contributed by atoms with Gasteiger partial charge in [0.15, 0.2) is 0 Å². The predicted molar refractivity (Wildman–Crippen MR) is 57.0 cm³/mol. The molecule has 1 unspecified atom stereocenters. The van der Waals surface area contributed by atoms with E-state index in [1.54, 1.807) is 7.05 Å². The number of hydrogen-bond acceptors (Lipinski definition) is 3. The van der Waals surface area contributed by atoms with Crippen molar-refractivity contribution in [3.63, 3.8) is 0 Å². The van der Waals surface area contributed by atoms with E-state index in [4.69, 9.17) is 5.73 Å². The van der Waals surface area contributed by atoms with Gasteiger partial charge in [-0.15, -0.1) is 0 Å². The Morgan fingerprint density at radius 2 is 2.27 bits per heavy atom. The van der Waals surface area contributed by atoms with E-state index in [2.05, 4.69) is 5.32 Å². The molecule has 2 amide bonds. The zero-order valence-corrected chi connectivity index (χ0v) is 9.16. The van der Waals surface area contributed by atoms with Crippen LogP contribution in [-0.4, -0.2) is 43.4 Å². The monoisotopic (exact) mass is 213 g/mol. The predicted octanol–water partition coefficient (Wildman–Crippen LogP) is -0.680. The molecule has 0 spiro atoms. The van der Waals surface area contributed by atoms with Crippen LogP contribution in [0.15, 0.2) is 0 Å². The minimum absolute atomic E-state index is 0.00231. The lowest BCUT2D eigenvalue weighted by Gasteiger charge is -2.24. The molecule has 0 aliphatic carbocycles. The van der Waals surface area contributed by atoms with Crippen LogP contribution in [0, 0.1) is 5.92 Å². The average Bonchev–Trinajstić information content (AvgIpc) is 2.18. The number of amides is 2. The van der Waals surface area contributed by atoms with Crippen molar-refractivity contribution in [2.75, 3.05) is 26.7 Å². The fourth-order valence-electron chi connectivity index (χ4n) is 1.82. The number of carbonyl (C=O) groups is 2. The normalized spacial score (nSPS) is 21.0. The Morgan fingerprint density at radius 1 is 1.53 bits per heavy atom. The summed E-state index contributed by atoms with van der Waals surface area (Å²) in [5, 5.41) is 3.26. The first-order valence-corrected chi connectivity index (χ1v) is 5.32. The van der Waals surface area contributed by atoms with Gasteiger partial charge in [-0.1, -0.05) is 0 Å². The average molecular weight is 213 g/mol. The summed E-state index contributed by atoms with van der Waals surface area (Å²) in [5.41, 5.74) is 5.02. The Kier molecular flexibility index (Phi) is 4.55. The maximum Gasteiger partial charge on any atom is 0.237 e. The van der Waals surface area contributed by atoms with E-state index >= 15 is 0 Å². The molecule has 0 saturated carbocycles. The molecule has 0 aromatic carbocycles. The van der Waals surface area contributed by atoms with Crippen molar-refractivity contribution in [1.29, 1.82) is 0 Å². The molecule has 15 heavy (non-hydrogen) atoms. The van der Waals surface area contributed by atoms with E-state index < -0.39 is 5.91 Å². The fraction of sp³-hybridized carbons (Fsp3) is 0.800. The van der Waals surface area contributed by atoms with Crippen LogP contribution in [0.2, 0.25) is 0 Å². The van der Waals surface area contributed by atoms with E-state index in [9.17, 15) is 9.59 Å². The summed E-state index contributed by atoms with van der Waals surface area (Å²) < 4.78 is 0. The first-order valence-electron chi connectivity index (χ1n) is 5.32. The number of nitrogens with two attached hydrogens (primary N) is 1. The first-order chi connectivity index (χ1) is 7.09. The first kappa shape index (κ1) is 12.0. The van der Waals surface area contributed by atoms with Crippen LogP contribution in [0.3, 0.4) is 0 Å². The Morgan fingerprint density at radius 3 is 2.80 bits per heavy atom. The zero-order valence-electron chi connectivity index (χ0n) is 9.16. The van der Waals surface area contributed by atoms with Gasteiger partial charge >= 0.3 is 0 Å². The molecule has 0 aromatic rings. The summed E-state index contributed by atoms with van der Waals surface area (Å²) in [6.07, 6.45) is 2.72. The summed E-state index contributed by atoms with van der Waals surface area (Å²) in [6.45, 7) is 1.96. The molecule has 0 aromatic heterocycles. The maximum atomic E-state index is 11.6. The number of hydrogen-bond donors (Lipinski definition) is 2. The standard InChI is InChI=1S/C10H19N3O2/c1-13(7-9(11)14)10(15)5-8-3-2-4-12-6-8/h8,12H,2-7H2,1H3,(H2,11,14). The van der Waals surface area contributed by atoms with Crippen molar-refractivity contribution in [2.24, 2.45) is 11.7 Å². The third kappa shape index (κ3) is 4.29. The third-order valence-corrected chi connectivity index (χ3v) is 2.68. The van der Waals surface area contributed by atoms with Crippen LogP contribution >= 0.6 is 0 Å². The summed E-state index contributed by atoms with van der Waals surface area (Å²) in [7, 11) is 1.61. The van der Waals surface area contributed by atoms with Crippen molar-refractivity contribution in [2.45, 2.75) is 19.3 Å². The quantitative estimate of drug-likeness (QED) is 0.649. The van der Waals surface area contributed by atoms with Gasteiger partial charge in [-0.3, -0.25) is 9.59 Å². The number of piperidine rings is 1. The van der Waals surface area contributed by atoms with E-state index in [0.717, 1.165) is 25.9 Å². The number of rotatable bonds is 4. The van der Waals surface area contributed by atoms with Crippen LogP contribution in [0.5, 0.6) is 0 Å². The molecular formula is C10H19N3O2. The lowest BCUT2D eigenvalue weighted by molar-refractivity contribution is -0.134. The largest absolute Gasteiger partial charge is 0.368 e. The maximum absolute atomic E-state index is 11.6.